The van der Waals surface area contributed by atoms with Crippen LogP contribution in [0.3, 0.4) is 0 Å². The standard InChI is InChI=1S/C17H22N2O2/c1-13(2)19(12-14(3)20)17(21)15-6-8-16(9-7-15)18-10-4-5-11-18/h4-11,13-14,20H,12H2,1-3H3. The number of aliphatic hydroxyl groups excluding tert-OH is 1. The van der Waals surface area contributed by atoms with Crippen molar-refractivity contribution < 1.29 is 9.90 Å². The van der Waals surface area contributed by atoms with E-state index in [2.05, 4.69) is 0 Å². The largest absolute Gasteiger partial charge is 0.392 e. The number of rotatable bonds is 5. The number of carbonyl (C=O) groups is 1. The highest BCUT2D eigenvalue weighted by Gasteiger charge is 2.20. The number of benzene rings is 1. The van der Waals surface area contributed by atoms with E-state index in [4.69, 9.17) is 0 Å². The second kappa shape index (κ2) is 6.59. The first-order valence-corrected chi connectivity index (χ1v) is 7.21. The Morgan fingerprint density at radius 3 is 2.19 bits per heavy atom. The van der Waals surface area contributed by atoms with Gasteiger partial charge in [0.1, 0.15) is 0 Å². The monoisotopic (exact) mass is 286 g/mol. The van der Waals surface area contributed by atoms with Crippen LogP contribution in [0.25, 0.3) is 5.69 Å². The number of carbonyl (C=O) groups excluding carboxylic acids is 1. The van der Waals surface area contributed by atoms with Crippen molar-refractivity contribution in [2.45, 2.75) is 32.9 Å². The number of hydrogen-bond donors (Lipinski definition) is 1. The number of aliphatic hydroxyl groups is 1. The summed E-state index contributed by atoms with van der Waals surface area (Å²) in [5.41, 5.74) is 1.66. The number of amides is 1. The van der Waals surface area contributed by atoms with Crippen LogP contribution in [-0.2, 0) is 0 Å². The van der Waals surface area contributed by atoms with Gasteiger partial charge in [0, 0.05) is 36.2 Å². The summed E-state index contributed by atoms with van der Waals surface area (Å²) >= 11 is 0. The molecule has 1 aromatic heterocycles. The van der Waals surface area contributed by atoms with Crippen LogP contribution in [0.15, 0.2) is 48.8 Å². The maximum atomic E-state index is 12.5. The maximum Gasteiger partial charge on any atom is 0.254 e. The summed E-state index contributed by atoms with van der Waals surface area (Å²) in [6, 6.07) is 11.5. The molecule has 2 rings (SSSR count). The average molecular weight is 286 g/mol. The zero-order chi connectivity index (χ0) is 15.4. The van der Waals surface area contributed by atoms with Gasteiger partial charge in [-0.1, -0.05) is 0 Å². The third-order valence-electron chi connectivity index (χ3n) is 3.36. The van der Waals surface area contributed by atoms with E-state index in [-0.39, 0.29) is 11.9 Å². The maximum absolute atomic E-state index is 12.5. The Morgan fingerprint density at radius 2 is 1.71 bits per heavy atom. The predicted octanol–water partition coefficient (Wildman–Crippen LogP) is 2.71. The van der Waals surface area contributed by atoms with E-state index in [1.54, 1.807) is 11.8 Å². The molecule has 1 aromatic carbocycles. The van der Waals surface area contributed by atoms with Crippen molar-refractivity contribution in [2.75, 3.05) is 6.54 Å². The lowest BCUT2D eigenvalue weighted by Crippen LogP contribution is -2.41. The Kier molecular flexibility index (Phi) is 4.81. The van der Waals surface area contributed by atoms with Gasteiger partial charge in [0.2, 0.25) is 0 Å². The third kappa shape index (κ3) is 3.73. The van der Waals surface area contributed by atoms with Crippen molar-refractivity contribution in [2.24, 2.45) is 0 Å². The molecular formula is C17H22N2O2. The molecule has 0 bridgehead atoms. The van der Waals surface area contributed by atoms with E-state index in [1.807, 2.05) is 67.2 Å². The average Bonchev–Trinajstić information content (AvgIpc) is 2.98. The fourth-order valence-corrected chi connectivity index (χ4v) is 2.26. The first-order chi connectivity index (χ1) is 9.99. The van der Waals surface area contributed by atoms with Crippen LogP contribution < -0.4 is 0 Å². The summed E-state index contributed by atoms with van der Waals surface area (Å²) in [5.74, 6) is -0.0510. The number of nitrogens with zero attached hydrogens (tertiary/aromatic N) is 2. The third-order valence-corrected chi connectivity index (χ3v) is 3.36. The zero-order valence-corrected chi connectivity index (χ0v) is 12.7. The van der Waals surface area contributed by atoms with Gasteiger partial charge in [0.25, 0.3) is 5.91 Å². The second-order valence-corrected chi connectivity index (χ2v) is 5.54. The molecular weight excluding hydrogens is 264 g/mol. The minimum Gasteiger partial charge on any atom is -0.392 e. The van der Waals surface area contributed by atoms with Crippen LogP contribution >= 0.6 is 0 Å². The van der Waals surface area contributed by atoms with Gasteiger partial charge in [0.05, 0.1) is 6.10 Å². The van der Waals surface area contributed by atoms with Gasteiger partial charge < -0.3 is 14.6 Å². The van der Waals surface area contributed by atoms with Gasteiger partial charge >= 0.3 is 0 Å². The first-order valence-electron chi connectivity index (χ1n) is 7.21. The molecule has 0 spiro atoms. The predicted molar refractivity (Wildman–Crippen MR) is 83.6 cm³/mol. The summed E-state index contributed by atoms with van der Waals surface area (Å²) < 4.78 is 1.99. The van der Waals surface area contributed by atoms with E-state index in [0.29, 0.717) is 12.1 Å². The van der Waals surface area contributed by atoms with Crippen molar-refractivity contribution in [1.29, 1.82) is 0 Å². The Bertz CT molecular complexity index is 571. The van der Waals surface area contributed by atoms with Crippen LogP contribution in [0, 0.1) is 0 Å². The number of hydrogen-bond acceptors (Lipinski definition) is 2. The molecule has 1 amide bonds. The fourth-order valence-electron chi connectivity index (χ4n) is 2.26. The van der Waals surface area contributed by atoms with Crippen molar-refractivity contribution in [3.63, 3.8) is 0 Å². The van der Waals surface area contributed by atoms with Crippen LogP contribution in [0.4, 0.5) is 0 Å². The molecule has 1 heterocycles. The van der Waals surface area contributed by atoms with Crippen molar-refractivity contribution in [1.82, 2.24) is 9.47 Å². The Hall–Kier alpha value is -2.07. The molecule has 0 saturated heterocycles. The molecule has 0 fully saturated rings. The van der Waals surface area contributed by atoms with Gasteiger partial charge in [-0.15, -0.1) is 0 Å². The molecule has 0 saturated carbocycles. The molecule has 4 heteroatoms. The lowest BCUT2D eigenvalue weighted by molar-refractivity contribution is 0.0579. The van der Waals surface area contributed by atoms with Gasteiger partial charge in [0.15, 0.2) is 0 Å². The molecule has 1 N–H and O–H groups in total. The van der Waals surface area contributed by atoms with Crippen LogP contribution in [0.2, 0.25) is 0 Å². The van der Waals surface area contributed by atoms with Crippen LogP contribution in [-0.4, -0.2) is 39.2 Å². The van der Waals surface area contributed by atoms with Crippen LogP contribution in [0.5, 0.6) is 0 Å². The van der Waals surface area contributed by atoms with E-state index in [0.717, 1.165) is 5.69 Å². The quantitative estimate of drug-likeness (QED) is 0.918. The minimum absolute atomic E-state index is 0.0510. The van der Waals surface area contributed by atoms with Gasteiger partial charge in [-0.3, -0.25) is 4.79 Å². The molecule has 0 aliphatic rings. The summed E-state index contributed by atoms with van der Waals surface area (Å²) in [5, 5.41) is 9.54. The van der Waals surface area contributed by atoms with Crippen molar-refractivity contribution in [3.05, 3.63) is 54.4 Å². The van der Waals surface area contributed by atoms with Gasteiger partial charge in [-0.05, 0) is 57.2 Å². The minimum atomic E-state index is -0.532. The first kappa shape index (κ1) is 15.3. The highest BCUT2D eigenvalue weighted by atomic mass is 16.3. The molecule has 21 heavy (non-hydrogen) atoms. The highest BCUT2D eigenvalue weighted by molar-refractivity contribution is 5.94. The molecule has 2 aromatic rings. The molecule has 0 radical (unpaired) electrons. The zero-order valence-electron chi connectivity index (χ0n) is 12.7. The van der Waals surface area contributed by atoms with Crippen molar-refractivity contribution in [3.8, 4) is 5.69 Å². The smallest absolute Gasteiger partial charge is 0.254 e. The van der Waals surface area contributed by atoms with Crippen LogP contribution in [0.1, 0.15) is 31.1 Å². The molecule has 1 atom stereocenters. The van der Waals surface area contributed by atoms with E-state index in [1.165, 1.54) is 0 Å². The second-order valence-electron chi connectivity index (χ2n) is 5.54. The molecule has 0 aliphatic heterocycles. The molecule has 112 valence electrons. The highest BCUT2D eigenvalue weighted by Crippen LogP contribution is 2.13. The molecule has 4 nitrogen and oxygen atoms in total. The van der Waals surface area contributed by atoms with Crippen molar-refractivity contribution >= 4 is 5.91 Å². The fraction of sp³-hybridized carbons (Fsp3) is 0.353. The van der Waals surface area contributed by atoms with E-state index < -0.39 is 6.10 Å². The van der Waals surface area contributed by atoms with E-state index in [9.17, 15) is 9.90 Å². The number of aromatic nitrogens is 1. The lowest BCUT2D eigenvalue weighted by atomic mass is 10.1. The summed E-state index contributed by atoms with van der Waals surface area (Å²) in [7, 11) is 0. The summed E-state index contributed by atoms with van der Waals surface area (Å²) in [6.07, 6.45) is 3.39. The lowest BCUT2D eigenvalue weighted by Gasteiger charge is -2.28. The Balaban J connectivity index is 2.18. The Labute approximate surface area is 125 Å². The van der Waals surface area contributed by atoms with Gasteiger partial charge in [-0.2, -0.15) is 0 Å². The summed E-state index contributed by atoms with van der Waals surface area (Å²) in [4.78, 5) is 14.2. The normalized spacial score (nSPS) is 12.4. The topological polar surface area (TPSA) is 45.5 Å². The molecule has 1 unspecified atom stereocenters. The summed E-state index contributed by atoms with van der Waals surface area (Å²) in [6.45, 7) is 5.94. The van der Waals surface area contributed by atoms with E-state index >= 15 is 0 Å². The Morgan fingerprint density at radius 1 is 1.14 bits per heavy atom. The van der Waals surface area contributed by atoms with Gasteiger partial charge in [-0.25, -0.2) is 0 Å². The SMILES string of the molecule is CC(O)CN(C(=O)c1ccc(-n2cccc2)cc1)C(C)C. The molecule has 0 aliphatic carbocycles.